The van der Waals surface area contributed by atoms with Gasteiger partial charge in [-0.05, 0) is 90.4 Å². The van der Waals surface area contributed by atoms with Crippen LogP contribution in [0.3, 0.4) is 0 Å². The van der Waals surface area contributed by atoms with E-state index in [2.05, 4.69) is 30.7 Å². The molecular formula is C17H32N2. The van der Waals surface area contributed by atoms with Gasteiger partial charge < -0.3 is 4.90 Å². The monoisotopic (exact) mass is 264 g/mol. The highest BCUT2D eigenvalue weighted by Gasteiger charge is 2.52. The molecule has 1 saturated carbocycles. The summed E-state index contributed by atoms with van der Waals surface area (Å²) >= 11 is 0. The van der Waals surface area contributed by atoms with Crippen molar-refractivity contribution in [3.8, 4) is 0 Å². The van der Waals surface area contributed by atoms with Crippen molar-refractivity contribution < 1.29 is 0 Å². The molecule has 0 atom stereocenters. The van der Waals surface area contributed by atoms with E-state index in [1.165, 1.54) is 71.1 Å². The zero-order chi connectivity index (χ0) is 13.5. The Kier molecular flexibility index (Phi) is 3.68. The first-order chi connectivity index (χ1) is 9.02. The van der Waals surface area contributed by atoms with E-state index in [9.17, 15) is 0 Å². The maximum atomic E-state index is 2.79. The molecule has 3 rings (SSSR count). The molecule has 3 fully saturated rings. The molecule has 2 heterocycles. The summed E-state index contributed by atoms with van der Waals surface area (Å²) in [6.07, 6.45) is 10.2. The Morgan fingerprint density at radius 2 is 1.63 bits per heavy atom. The number of rotatable bonds is 2. The summed E-state index contributed by atoms with van der Waals surface area (Å²) in [5, 5.41) is 0. The average Bonchev–Trinajstić information content (AvgIpc) is 2.37. The molecule has 0 radical (unpaired) electrons. The summed E-state index contributed by atoms with van der Waals surface area (Å²) in [5.41, 5.74) is 1.15. The van der Waals surface area contributed by atoms with Gasteiger partial charge >= 0.3 is 0 Å². The van der Waals surface area contributed by atoms with Crippen molar-refractivity contribution in [1.29, 1.82) is 0 Å². The van der Waals surface area contributed by atoms with Gasteiger partial charge in [0.05, 0.1) is 0 Å². The van der Waals surface area contributed by atoms with Crippen molar-refractivity contribution in [1.82, 2.24) is 9.80 Å². The molecule has 0 bridgehead atoms. The van der Waals surface area contributed by atoms with Gasteiger partial charge in [-0.1, -0.05) is 6.42 Å². The van der Waals surface area contributed by atoms with Crippen molar-refractivity contribution >= 4 is 0 Å². The van der Waals surface area contributed by atoms with Crippen LogP contribution in [0.5, 0.6) is 0 Å². The lowest BCUT2D eigenvalue weighted by atomic mass is 9.53. The van der Waals surface area contributed by atoms with Gasteiger partial charge in [0.2, 0.25) is 0 Å². The van der Waals surface area contributed by atoms with Gasteiger partial charge in [0.15, 0.2) is 0 Å². The molecule has 0 aromatic heterocycles. The molecule has 2 nitrogen and oxygen atoms in total. The van der Waals surface area contributed by atoms with Crippen molar-refractivity contribution in [3.63, 3.8) is 0 Å². The van der Waals surface area contributed by atoms with Gasteiger partial charge in [0.25, 0.3) is 0 Å². The van der Waals surface area contributed by atoms with Crippen molar-refractivity contribution in [2.24, 2.45) is 11.3 Å². The first-order valence-electron chi connectivity index (χ1n) is 8.46. The Hall–Kier alpha value is -0.0800. The highest BCUT2D eigenvalue weighted by atomic mass is 15.2. The molecule has 0 unspecified atom stereocenters. The second-order valence-corrected chi connectivity index (χ2v) is 8.15. The van der Waals surface area contributed by atoms with Crippen LogP contribution in [-0.4, -0.2) is 48.6 Å². The van der Waals surface area contributed by atoms with E-state index < -0.39 is 0 Å². The van der Waals surface area contributed by atoms with E-state index in [-0.39, 0.29) is 0 Å². The minimum absolute atomic E-state index is 0.446. The molecule has 2 saturated heterocycles. The van der Waals surface area contributed by atoms with Crippen LogP contribution in [0.25, 0.3) is 0 Å². The van der Waals surface area contributed by atoms with E-state index >= 15 is 0 Å². The van der Waals surface area contributed by atoms with Crippen LogP contribution in [0.15, 0.2) is 0 Å². The molecule has 2 aliphatic heterocycles. The number of piperidine rings is 2. The molecule has 1 aliphatic carbocycles. The minimum Gasteiger partial charge on any atom is -0.306 e. The summed E-state index contributed by atoms with van der Waals surface area (Å²) in [6, 6.07) is 0. The normalized spacial score (nSPS) is 38.4. The number of likely N-dealkylation sites (tertiary alicyclic amines) is 2. The van der Waals surface area contributed by atoms with Crippen LogP contribution >= 0.6 is 0 Å². The second-order valence-electron chi connectivity index (χ2n) is 8.15. The smallest absolute Gasteiger partial charge is 0.0181 e. The lowest BCUT2D eigenvalue weighted by Crippen LogP contribution is -2.60. The van der Waals surface area contributed by atoms with Crippen LogP contribution in [0.4, 0.5) is 0 Å². The summed E-state index contributed by atoms with van der Waals surface area (Å²) in [4.78, 5) is 5.36. The van der Waals surface area contributed by atoms with Crippen LogP contribution in [0.2, 0.25) is 0 Å². The highest BCUT2D eigenvalue weighted by Crippen LogP contribution is 2.55. The van der Waals surface area contributed by atoms with Gasteiger partial charge in [-0.3, -0.25) is 4.90 Å². The summed E-state index contributed by atoms with van der Waals surface area (Å²) in [5.74, 6) is 0.942. The van der Waals surface area contributed by atoms with E-state index in [4.69, 9.17) is 0 Å². The zero-order valence-corrected chi connectivity index (χ0v) is 13.2. The van der Waals surface area contributed by atoms with Gasteiger partial charge in [0.1, 0.15) is 0 Å². The quantitative estimate of drug-likeness (QED) is 0.754. The molecule has 0 amide bonds. The van der Waals surface area contributed by atoms with Gasteiger partial charge in [-0.2, -0.15) is 0 Å². The van der Waals surface area contributed by atoms with Gasteiger partial charge in [-0.25, -0.2) is 0 Å². The van der Waals surface area contributed by atoms with Crippen molar-refractivity contribution in [2.45, 2.75) is 64.3 Å². The van der Waals surface area contributed by atoms with E-state index in [0.717, 1.165) is 5.92 Å². The van der Waals surface area contributed by atoms with Crippen molar-refractivity contribution in [3.05, 3.63) is 0 Å². The first-order valence-corrected chi connectivity index (χ1v) is 8.46. The third-order valence-electron chi connectivity index (χ3n) is 6.38. The Balaban J connectivity index is 1.59. The van der Waals surface area contributed by atoms with E-state index in [1.54, 1.807) is 0 Å². The van der Waals surface area contributed by atoms with Crippen LogP contribution in [-0.2, 0) is 0 Å². The third kappa shape index (κ3) is 2.58. The van der Waals surface area contributed by atoms with Crippen molar-refractivity contribution in [2.75, 3.05) is 33.2 Å². The molecule has 110 valence electrons. The van der Waals surface area contributed by atoms with E-state index in [1.807, 2.05) is 0 Å². The Morgan fingerprint density at radius 3 is 2.26 bits per heavy atom. The number of hydrogen-bond donors (Lipinski definition) is 0. The molecule has 3 aliphatic rings. The fourth-order valence-electron chi connectivity index (χ4n) is 5.00. The first kappa shape index (κ1) is 13.9. The minimum atomic E-state index is 0.446. The SMILES string of the molecule is CN1CCCC2(CC(C(C)(C)N3CCCCC3)C2)C1. The molecule has 0 aromatic carbocycles. The standard InChI is InChI=1S/C17H32N2/c1-16(2,19-10-5-4-6-11-19)15-12-17(13-15)8-7-9-18(3)14-17/h15H,4-14H2,1-3H3. The summed E-state index contributed by atoms with van der Waals surface area (Å²) < 4.78 is 0. The lowest BCUT2D eigenvalue weighted by Gasteiger charge is -2.59. The fourth-order valence-corrected chi connectivity index (χ4v) is 5.00. The van der Waals surface area contributed by atoms with Crippen LogP contribution in [0, 0.1) is 11.3 Å². The molecule has 2 heteroatoms. The molecular weight excluding hydrogens is 232 g/mol. The van der Waals surface area contributed by atoms with Gasteiger partial charge in [-0.15, -0.1) is 0 Å². The molecule has 1 spiro atoms. The topological polar surface area (TPSA) is 6.48 Å². The highest BCUT2D eigenvalue weighted by molar-refractivity contribution is 5.05. The fraction of sp³-hybridized carbons (Fsp3) is 1.00. The average molecular weight is 264 g/mol. The maximum absolute atomic E-state index is 2.79. The second kappa shape index (κ2) is 5.04. The molecule has 19 heavy (non-hydrogen) atoms. The largest absolute Gasteiger partial charge is 0.306 e. The maximum Gasteiger partial charge on any atom is 0.0181 e. The zero-order valence-electron chi connectivity index (χ0n) is 13.2. The number of nitrogens with zero attached hydrogens (tertiary/aromatic N) is 2. The molecule has 0 N–H and O–H groups in total. The van der Waals surface area contributed by atoms with Crippen LogP contribution < -0.4 is 0 Å². The Labute approximate surface area is 119 Å². The lowest BCUT2D eigenvalue weighted by molar-refractivity contribution is -0.0873. The Bertz CT molecular complexity index is 311. The van der Waals surface area contributed by atoms with Gasteiger partial charge in [0, 0.05) is 12.1 Å². The summed E-state index contributed by atoms with van der Waals surface area (Å²) in [6.45, 7) is 10.4. The van der Waals surface area contributed by atoms with Crippen LogP contribution in [0.1, 0.15) is 58.8 Å². The molecule has 0 aromatic rings. The number of hydrogen-bond acceptors (Lipinski definition) is 2. The summed E-state index contributed by atoms with van der Waals surface area (Å²) in [7, 11) is 2.31. The predicted octanol–water partition coefficient (Wildman–Crippen LogP) is 3.37. The predicted molar refractivity (Wildman–Crippen MR) is 81.4 cm³/mol. The third-order valence-corrected chi connectivity index (χ3v) is 6.38. The Morgan fingerprint density at radius 1 is 0.947 bits per heavy atom. The van der Waals surface area contributed by atoms with E-state index in [0.29, 0.717) is 11.0 Å².